The minimum atomic E-state index is -0.435. The molecule has 1 heterocycles. The lowest BCUT2D eigenvalue weighted by Gasteiger charge is -2.04. The van der Waals surface area contributed by atoms with Gasteiger partial charge in [0, 0.05) is 24.5 Å². The van der Waals surface area contributed by atoms with Crippen LogP contribution in [0.5, 0.6) is 0 Å². The van der Waals surface area contributed by atoms with Gasteiger partial charge in [-0.1, -0.05) is 12.1 Å². The van der Waals surface area contributed by atoms with E-state index in [9.17, 15) is 4.39 Å². The Hall–Kier alpha value is -1.90. The van der Waals surface area contributed by atoms with Crippen LogP contribution in [0.3, 0.4) is 0 Å². The summed E-state index contributed by atoms with van der Waals surface area (Å²) in [4.78, 5) is 3.62. The number of benzene rings is 1. The summed E-state index contributed by atoms with van der Waals surface area (Å²) in [6.45, 7) is 0. The van der Waals surface area contributed by atoms with E-state index in [1.807, 2.05) is 31.3 Å². The summed E-state index contributed by atoms with van der Waals surface area (Å²) in [5.74, 6) is -0.435. The van der Waals surface area contributed by atoms with Gasteiger partial charge in [0.15, 0.2) is 0 Å². The van der Waals surface area contributed by atoms with Crippen molar-refractivity contribution in [2.24, 2.45) is 0 Å². The highest BCUT2D eigenvalue weighted by Gasteiger charge is 2.04. The summed E-state index contributed by atoms with van der Waals surface area (Å²) in [6, 6.07) is 11.0. The molecular weight excluding hydrogens is 191 g/mol. The van der Waals surface area contributed by atoms with Gasteiger partial charge in [0.1, 0.15) is 0 Å². The first-order chi connectivity index (χ1) is 7.31. The second-order valence-corrected chi connectivity index (χ2v) is 3.17. The number of anilines is 1. The number of hydrogen-bond acceptors (Lipinski definition) is 2. The van der Waals surface area contributed by atoms with Crippen LogP contribution in [0, 0.1) is 5.95 Å². The van der Waals surface area contributed by atoms with Gasteiger partial charge in [0.25, 0.3) is 0 Å². The number of rotatable bonds is 2. The molecule has 0 bridgehead atoms. The number of aromatic nitrogens is 1. The number of pyridine rings is 1. The van der Waals surface area contributed by atoms with Crippen LogP contribution in [0.15, 0.2) is 42.6 Å². The predicted molar refractivity (Wildman–Crippen MR) is 59.2 cm³/mol. The van der Waals surface area contributed by atoms with Crippen LogP contribution < -0.4 is 5.32 Å². The van der Waals surface area contributed by atoms with E-state index in [1.165, 1.54) is 6.20 Å². The van der Waals surface area contributed by atoms with E-state index < -0.39 is 5.95 Å². The Balaban J connectivity index is 2.42. The zero-order chi connectivity index (χ0) is 10.7. The van der Waals surface area contributed by atoms with Crippen molar-refractivity contribution in [2.45, 2.75) is 0 Å². The lowest BCUT2D eigenvalue weighted by molar-refractivity contribution is 0.587. The van der Waals surface area contributed by atoms with Crippen molar-refractivity contribution in [3.05, 3.63) is 48.5 Å². The zero-order valence-electron chi connectivity index (χ0n) is 8.37. The Kier molecular flexibility index (Phi) is 2.63. The van der Waals surface area contributed by atoms with Crippen molar-refractivity contribution in [2.75, 3.05) is 12.4 Å². The van der Waals surface area contributed by atoms with Crippen LogP contribution in [0.2, 0.25) is 0 Å². The number of nitrogens with zero attached hydrogens (tertiary/aromatic N) is 1. The van der Waals surface area contributed by atoms with Gasteiger partial charge in [-0.2, -0.15) is 4.39 Å². The van der Waals surface area contributed by atoms with Crippen molar-refractivity contribution in [3.63, 3.8) is 0 Å². The maximum atomic E-state index is 13.3. The summed E-state index contributed by atoms with van der Waals surface area (Å²) in [5.41, 5.74) is 2.36. The molecule has 0 spiro atoms. The van der Waals surface area contributed by atoms with Gasteiger partial charge in [-0.3, -0.25) is 0 Å². The van der Waals surface area contributed by atoms with E-state index in [1.54, 1.807) is 12.1 Å². The normalized spacial score (nSPS) is 10.0. The monoisotopic (exact) mass is 202 g/mol. The van der Waals surface area contributed by atoms with Crippen molar-refractivity contribution >= 4 is 5.69 Å². The molecular formula is C12H11FN2. The van der Waals surface area contributed by atoms with Gasteiger partial charge in [0.2, 0.25) is 5.95 Å². The Labute approximate surface area is 87.8 Å². The highest BCUT2D eigenvalue weighted by atomic mass is 19.1. The first-order valence-corrected chi connectivity index (χ1v) is 4.70. The summed E-state index contributed by atoms with van der Waals surface area (Å²) in [5, 5.41) is 3.01. The lowest BCUT2D eigenvalue weighted by atomic mass is 10.1. The lowest BCUT2D eigenvalue weighted by Crippen LogP contribution is -1.89. The van der Waals surface area contributed by atoms with E-state index in [0.717, 1.165) is 11.3 Å². The molecule has 2 nitrogen and oxygen atoms in total. The molecule has 0 aliphatic carbocycles. The molecule has 0 saturated carbocycles. The molecule has 0 amide bonds. The molecule has 2 aromatic rings. The average Bonchev–Trinajstić information content (AvgIpc) is 2.30. The van der Waals surface area contributed by atoms with Crippen molar-refractivity contribution in [1.29, 1.82) is 0 Å². The van der Waals surface area contributed by atoms with E-state index in [2.05, 4.69) is 10.3 Å². The van der Waals surface area contributed by atoms with Crippen molar-refractivity contribution < 1.29 is 4.39 Å². The van der Waals surface area contributed by atoms with E-state index in [-0.39, 0.29) is 0 Å². The van der Waals surface area contributed by atoms with Gasteiger partial charge in [-0.15, -0.1) is 0 Å². The summed E-state index contributed by atoms with van der Waals surface area (Å²) in [6.07, 6.45) is 1.45. The van der Waals surface area contributed by atoms with Crippen LogP contribution in [0.1, 0.15) is 0 Å². The molecule has 1 N–H and O–H groups in total. The fourth-order valence-electron chi connectivity index (χ4n) is 1.42. The molecule has 3 heteroatoms. The van der Waals surface area contributed by atoms with Crippen LogP contribution in [-0.4, -0.2) is 12.0 Å². The third kappa shape index (κ3) is 1.96. The Morgan fingerprint density at radius 2 is 1.87 bits per heavy atom. The van der Waals surface area contributed by atoms with Gasteiger partial charge < -0.3 is 5.32 Å². The van der Waals surface area contributed by atoms with Crippen LogP contribution >= 0.6 is 0 Å². The largest absolute Gasteiger partial charge is 0.388 e. The van der Waals surface area contributed by atoms with E-state index in [0.29, 0.717) is 5.56 Å². The number of halogens is 1. The molecule has 0 saturated heterocycles. The van der Waals surface area contributed by atoms with E-state index in [4.69, 9.17) is 0 Å². The smallest absolute Gasteiger partial charge is 0.220 e. The van der Waals surface area contributed by atoms with Crippen molar-refractivity contribution in [1.82, 2.24) is 4.98 Å². The Morgan fingerprint density at radius 1 is 1.13 bits per heavy atom. The maximum Gasteiger partial charge on any atom is 0.220 e. The highest BCUT2D eigenvalue weighted by molar-refractivity contribution is 5.65. The molecule has 0 unspecified atom stereocenters. The predicted octanol–water partition coefficient (Wildman–Crippen LogP) is 2.93. The molecule has 0 atom stereocenters. The standard InChI is InChI=1S/C12H11FN2/c1-14-10-6-4-9(5-7-10)11-3-2-8-15-12(11)13/h2-8,14H,1H3. The maximum absolute atomic E-state index is 13.3. The van der Waals surface area contributed by atoms with Gasteiger partial charge in [-0.05, 0) is 29.8 Å². The summed E-state index contributed by atoms with van der Waals surface area (Å²) < 4.78 is 13.3. The minimum Gasteiger partial charge on any atom is -0.388 e. The topological polar surface area (TPSA) is 24.9 Å². The molecule has 15 heavy (non-hydrogen) atoms. The van der Waals surface area contributed by atoms with Crippen molar-refractivity contribution in [3.8, 4) is 11.1 Å². The quantitative estimate of drug-likeness (QED) is 0.757. The third-order valence-corrected chi connectivity index (χ3v) is 2.24. The van der Waals surface area contributed by atoms with Crippen LogP contribution in [-0.2, 0) is 0 Å². The molecule has 0 radical (unpaired) electrons. The van der Waals surface area contributed by atoms with Gasteiger partial charge in [-0.25, -0.2) is 4.98 Å². The SMILES string of the molecule is CNc1ccc(-c2cccnc2F)cc1. The first kappa shape index (κ1) is 9.65. The molecule has 1 aromatic heterocycles. The number of hydrogen-bond donors (Lipinski definition) is 1. The molecule has 0 aliphatic rings. The Bertz CT molecular complexity index is 451. The fourth-order valence-corrected chi connectivity index (χ4v) is 1.42. The molecule has 1 aromatic carbocycles. The second-order valence-electron chi connectivity index (χ2n) is 3.17. The first-order valence-electron chi connectivity index (χ1n) is 4.70. The molecule has 2 rings (SSSR count). The molecule has 0 aliphatic heterocycles. The third-order valence-electron chi connectivity index (χ3n) is 2.24. The highest BCUT2D eigenvalue weighted by Crippen LogP contribution is 2.22. The fraction of sp³-hybridized carbons (Fsp3) is 0.0833. The molecule has 76 valence electrons. The van der Waals surface area contributed by atoms with Crippen LogP contribution in [0.4, 0.5) is 10.1 Å². The molecule has 0 fully saturated rings. The Morgan fingerprint density at radius 3 is 2.47 bits per heavy atom. The van der Waals surface area contributed by atoms with E-state index >= 15 is 0 Å². The van der Waals surface area contributed by atoms with Gasteiger partial charge in [0.05, 0.1) is 0 Å². The van der Waals surface area contributed by atoms with Crippen LogP contribution in [0.25, 0.3) is 11.1 Å². The average molecular weight is 202 g/mol. The summed E-state index contributed by atoms with van der Waals surface area (Å²) in [7, 11) is 1.85. The summed E-state index contributed by atoms with van der Waals surface area (Å²) >= 11 is 0. The zero-order valence-corrected chi connectivity index (χ0v) is 8.37. The second kappa shape index (κ2) is 4.09. The minimum absolute atomic E-state index is 0.435. The number of nitrogens with one attached hydrogen (secondary N) is 1. The van der Waals surface area contributed by atoms with Gasteiger partial charge >= 0.3 is 0 Å².